The first-order chi connectivity index (χ1) is 12.8. The molecule has 5 nitrogen and oxygen atoms in total. The molecule has 1 unspecified atom stereocenters. The molecule has 2 rings (SSSR count). The van der Waals surface area contributed by atoms with Crippen molar-refractivity contribution in [3.63, 3.8) is 0 Å². The molecule has 0 aromatic heterocycles. The summed E-state index contributed by atoms with van der Waals surface area (Å²) in [5.41, 5.74) is 0.879. The van der Waals surface area contributed by atoms with Gasteiger partial charge in [-0.15, -0.1) is 0 Å². The van der Waals surface area contributed by atoms with E-state index in [1.165, 1.54) is 19.1 Å². The number of ketones is 1. The molecular weight excluding hydrogens is 434 g/mol. The minimum atomic E-state index is -1.15. The van der Waals surface area contributed by atoms with Gasteiger partial charge in [0.1, 0.15) is 18.3 Å². The zero-order valence-electron chi connectivity index (χ0n) is 14.0. The molecule has 2 aromatic carbocycles. The number of anilines is 1. The van der Waals surface area contributed by atoms with Crippen LogP contribution in [0.3, 0.4) is 0 Å². The summed E-state index contributed by atoms with van der Waals surface area (Å²) < 4.78 is 0. The maximum Gasteiger partial charge on any atom is 0.240 e. The molecule has 142 valence electrons. The molecular formula is C18H14Cl4N2O3. The molecule has 0 aliphatic carbocycles. The highest BCUT2D eigenvalue weighted by Crippen LogP contribution is 2.26. The van der Waals surface area contributed by atoms with E-state index in [0.29, 0.717) is 26.3 Å². The third kappa shape index (κ3) is 6.11. The highest BCUT2D eigenvalue weighted by atomic mass is 35.5. The SMILES string of the molecule is CC(=O)C(/C=N/OCc1c(Cl)cccc1Cl)C(=O)Nc1ccc(Cl)cc1Cl. The molecule has 1 amide bonds. The Labute approximate surface area is 176 Å². The Balaban J connectivity index is 2.03. The highest BCUT2D eigenvalue weighted by molar-refractivity contribution is 6.37. The Morgan fingerprint density at radius 2 is 1.78 bits per heavy atom. The number of amides is 1. The van der Waals surface area contributed by atoms with Gasteiger partial charge >= 0.3 is 0 Å². The smallest absolute Gasteiger partial charge is 0.240 e. The second-order valence-electron chi connectivity index (χ2n) is 5.43. The Bertz CT molecular complexity index is 867. The van der Waals surface area contributed by atoms with Crippen LogP contribution in [-0.2, 0) is 21.0 Å². The molecule has 27 heavy (non-hydrogen) atoms. The van der Waals surface area contributed by atoms with E-state index >= 15 is 0 Å². The van der Waals surface area contributed by atoms with E-state index in [4.69, 9.17) is 51.2 Å². The molecule has 1 N–H and O–H groups in total. The largest absolute Gasteiger partial charge is 0.391 e. The molecule has 0 fully saturated rings. The van der Waals surface area contributed by atoms with Crippen LogP contribution < -0.4 is 5.32 Å². The molecule has 0 radical (unpaired) electrons. The fourth-order valence-corrected chi connectivity index (χ4v) is 3.00. The van der Waals surface area contributed by atoms with E-state index in [-0.39, 0.29) is 11.6 Å². The summed E-state index contributed by atoms with van der Waals surface area (Å²) in [6, 6.07) is 9.61. The van der Waals surface area contributed by atoms with Gasteiger partial charge in [-0.2, -0.15) is 0 Å². The van der Waals surface area contributed by atoms with Crippen LogP contribution in [0, 0.1) is 5.92 Å². The lowest BCUT2D eigenvalue weighted by atomic mass is 10.1. The van der Waals surface area contributed by atoms with Crippen molar-refractivity contribution in [3.8, 4) is 0 Å². The Morgan fingerprint density at radius 1 is 1.11 bits per heavy atom. The second kappa shape index (κ2) is 9.95. The van der Waals surface area contributed by atoms with Crippen molar-refractivity contribution in [2.45, 2.75) is 13.5 Å². The summed E-state index contributed by atoms with van der Waals surface area (Å²) in [5.74, 6) is -2.17. The zero-order valence-corrected chi connectivity index (χ0v) is 17.0. The van der Waals surface area contributed by atoms with Crippen LogP contribution in [0.4, 0.5) is 5.69 Å². The molecule has 9 heteroatoms. The Hall–Kier alpha value is -1.79. The number of carbonyl (C=O) groups excluding carboxylic acids is 2. The standard InChI is InChI=1S/C18H14Cl4N2O3/c1-10(25)12(18(26)24-17-6-5-11(19)7-16(17)22)8-23-27-9-13-14(20)3-2-4-15(13)21/h2-8,12H,9H2,1H3,(H,24,26)/b23-8+. The van der Waals surface area contributed by atoms with Crippen molar-refractivity contribution in [1.29, 1.82) is 0 Å². The molecule has 0 aliphatic rings. The summed E-state index contributed by atoms with van der Waals surface area (Å²) in [4.78, 5) is 29.3. The fraction of sp³-hybridized carbons (Fsp3) is 0.167. The van der Waals surface area contributed by atoms with Crippen molar-refractivity contribution >= 4 is 70.0 Å². The summed E-state index contributed by atoms with van der Waals surface area (Å²) >= 11 is 23.9. The van der Waals surface area contributed by atoms with E-state index in [2.05, 4.69) is 10.5 Å². The molecule has 1 atom stereocenters. The number of oxime groups is 1. The Kier molecular flexibility index (Phi) is 7.92. The van der Waals surface area contributed by atoms with E-state index in [1.807, 2.05) is 0 Å². The first-order valence-electron chi connectivity index (χ1n) is 7.64. The number of hydrogen-bond acceptors (Lipinski definition) is 4. The van der Waals surface area contributed by atoms with Crippen LogP contribution >= 0.6 is 46.4 Å². The van der Waals surface area contributed by atoms with Crippen molar-refractivity contribution in [2.24, 2.45) is 11.1 Å². The first kappa shape index (κ1) is 21.5. The normalized spacial score (nSPS) is 12.0. The highest BCUT2D eigenvalue weighted by Gasteiger charge is 2.22. The van der Waals surface area contributed by atoms with Gasteiger partial charge in [0.25, 0.3) is 0 Å². The van der Waals surface area contributed by atoms with Crippen molar-refractivity contribution < 1.29 is 14.4 Å². The average molecular weight is 448 g/mol. The quantitative estimate of drug-likeness (QED) is 0.339. The molecule has 0 bridgehead atoms. The number of halogens is 4. The molecule has 2 aromatic rings. The molecule has 0 saturated carbocycles. The number of benzene rings is 2. The number of hydrogen-bond donors (Lipinski definition) is 1. The van der Waals surface area contributed by atoms with Gasteiger partial charge in [-0.05, 0) is 37.3 Å². The van der Waals surface area contributed by atoms with Gasteiger partial charge in [0.2, 0.25) is 5.91 Å². The number of nitrogens with one attached hydrogen (secondary N) is 1. The van der Waals surface area contributed by atoms with Crippen LogP contribution in [-0.4, -0.2) is 17.9 Å². The van der Waals surface area contributed by atoms with E-state index in [1.54, 1.807) is 24.3 Å². The number of Topliss-reactive ketones (excluding diaryl/α,β-unsaturated/α-hetero) is 1. The lowest BCUT2D eigenvalue weighted by Crippen LogP contribution is -2.29. The number of rotatable bonds is 7. The molecule has 0 aliphatic heterocycles. The third-order valence-corrected chi connectivity index (χ3v) is 4.72. The van der Waals surface area contributed by atoms with Gasteiger partial charge in [-0.3, -0.25) is 9.59 Å². The summed E-state index contributed by atoms with van der Waals surface area (Å²) in [6.45, 7) is 1.26. The van der Waals surface area contributed by atoms with E-state index < -0.39 is 17.6 Å². The topological polar surface area (TPSA) is 67.8 Å². The minimum absolute atomic E-state index is 0.00966. The zero-order chi connectivity index (χ0) is 20.0. The lowest BCUT2D eigenvalue weighted by molar-refractivity contribution is -0.126. The van der Waals surface area contributed by atoms with Gasteiger partial charge in [-0.1, -0.05) is 57.6 Å². The number of nitrogens with zero attached hydrogens (tertiary/aromatic N) is 1. The average Bonchev–Trinajstić information content (AvgIpc) is 2.59. The summed E-state index contributed by atoms with van der Waals surface area (Å²) in [7, 11) is 0. The van der Waals surface area contributed by atoms with Crippen LogP contribution in [0.1, 0.15) is 12.5 Å². The summed E-state index contributed by atoms with van der Waals surface area (Å²) in [6.07, 6.45) is 1.10. The van der Waals surface area contributed by atoms with Crippen LogP contribution in [0.5, 0.6) is 0 Å². The van der Waals surface area contributed by atoms with Crippen molar-refractivity contribution in [2.75, 3.05) is 5.32 Å². The Morgan fingerprint density at radius 3 is 2.37 bits per heavy atom. The van der Waals surface area contributed by atoms with E-state index in [0.717, 1.165) is 6.21 Å². The predicted molar refractivity (Wildman–Crippen MR) is 109 cm³/mol. The monoisotopic (exact) mass is 446 g/mol. The first-order valence-corrected chi connectivity index (χ1v) is 9.15. The third-order valence-electron chi connectivity index (χ3n) is 3.46. The predicted octanol–water partition coefficient (Wildman–Crippen LogP) is 5.65. The lowest BCUT2D eigenvalue weighted by Gasteiger charge is -2.11. The van der Waals surface area contributed by atoms with Gasteiger partial charge in [-0.25, -0.2) is 0 Å². The van der Waals surface area contributed by atoms with Crippen molar-refractivity contribution in [3.05, 3.63) is 62.1 Å². The van der Waals surface area contributed by atoms with Gasteiger partial charge in [0.05, 0.1) is 16.9 Å². The molecule has 0 saturated heterocycles. The number of carbonyl (C=O) groups is 2. The minimum Gasteiger partial charge on any atom is -0.391 e. The van der Waals surface area contributed by atoms with Gasteiger partial charge in [0.15, 0.2) is 0 Å². The van der Waals surface area contributed by atoms with Crippen LogP contribution in [0.25, 0.3) is 0 Å². The van der Waals surface area contributed by atoms with Crippen LogP contribution in [0.15, 0.2) is 41.6 Å². The maximum absolute atomic E-state index is 12.4. The molecule has 0 spiro atoms. The van der Waals surface area contributed by atoms with Crippen LogP contribution in [0.2, 0.25) is 20.1 Å². The maximum atomic E-state index is 12.4. The van der Waals surface area contributed by atoms with Crippen molar-refractivity contribution in [1.82, 2.24) is 0 Å². The fourth-order valence-electron chi connectivity index (χ4n) is 2.03. The summed E-state index contributed by atoms with van der Waals surface area (Å²) in [5, 5.41) is 7.78. The van der Waals surface area contributed by atoms with Gasteiger partial charge < -0.3 is 10.2 Å². The van der Waals surface area contributed by atoms with E-state index in [9.17, 15) is 9.59 Å². The van der Waals surface area contributed by atoms with Gasteiger partial charge in [0, 0.05) is 20.6 Å². The second-order valence-corrected chi connectivity index (χ2v) is 7.09. The molecule has 0 heterocycles.